The third-order valence-corrected chi connectivity index (χ3v) is 6.80. The average molecular weight is 431 g/mol. The van der Waals surface area contributed by atoms with Gasteiger partial charge in [0.05, 0.1) is 0 Å². The molecule has 0 amide bonds. The van der Waals surface area contributed by atoms with Gasteiger partial charge < -0.3 is 10.2 Å². The Labute approximate surface area is 194 Å². The lowest BCUT2D eigenvalue weighted by atomic mass is 9.66. The third-order valence-electron chi connectivity index (χ3n) is 6.80. The maximum atomic E-state index is 10.6. The van der Waals surface area contributed by atoms with E-state index in [-0.39, 0.29) is 11.5 Å². The summed E-state index contributed by atoms with van der Waals surface area (Å²) in [5, 5.41) is 24.8. The van der Waals surface area contributed by atoms with Crippen LogP contribution in [0.25, 0.3) is 27.1 Å². The highest BCUT2D eigenvalue weighted by Crippen LogP contribution is 2.48. The molecular formula is C31H26O2. The van der Waals surface area contributed by atoms with Crippen molar-refractivity contribution in [3.63, 3.8) is 0 Å². The van der Waals surface area contributed by atoms with E-state index in [2.05, 4.69) is 43.8 Å². The molecule has 2 heteroatoms. The Morgan fingerprint density at radius 2 is 1.00 bits per heavy atom. The quantitative estimate of drug-likeness (QED) is 0.286. The maximum Gasteiger partial charge on any atom is 0.123 e. The standard InChI is InChI=1S/C31H26O2/c1-20(2)21-10-8-9-15-26(21)31(3,27-16-18-29(32)24-13-6-4-11-22(24)27)28-17-19-30(33)25-14-7-5-12-23(25)28/h4-19,32-33H,1H2,2-3H3. The van der Waals surface area contributed by atoms with Gasteiger partial charge in [-0.3, -0.25) is 0 Å². The molecule has 0 aliphatic heterocycles. The summed E-state index contributed by atoms with van der Waals surface area (Å²) in [7, 11) is 0. The Kier molecular flexibility index (Phi) is 4.94. The smallest absolute Gasteiger partial charge is 0.123 e. The Morgan fingerprint density at radius 3 is 1.48 bits per heavy atom. The van der Waals surface area contributed by atoms with Crippen LogP contribution in [0, 0.1) is 0 Å². The first-order valence-electron chi connectivity index (χ1n) is 11.1. The zero-order valence-corrected chi connectivity index (χ0v) is 18.8. The summed E-state index contributed by atoms with van der Waals surface area (Å²) < 4.78 is 0. The summed E-state index contributed by atoms with van der Waals surface area (Å²) in [6, 6.07) is 31.9. The Balaban J connectivity index is 1.98. The van der Waals surface area contributed by atoms with Gasteiger partial charge in [-0.1, -0.05) is 97.1 Å². The van der Waals surface area contributed by atoms with Crippen molar-refractivity contribution in [1.29, 1.82) is 0 Å². The number of phenolic OH excluding ortho intramolecular Hbond substituents is 2. The van der Waals surface area contributed by atoms with Gasteiger partial charge in [0.25, 0.3) is 0 Å². The van der Waals surface area contributed by atoms with E-state index >= 15 is 0 Å². The van der Waals surface area contributed by atoms with Crippen LogP contribution in [0.4, 0.5) is 0 Å². The minimum Gasteiger partial charge on any atom is -0.507 e. The average Bonchev–Trinajstić information content (AvgIpc) is 2.84. The maximum absolute atomic E-state index is 10.6. The summed E-state index contributed by atoms with van der Waals surface area (Å²) in [6.07, 6.45) is 0. The van der Waals surface area contributed by atoms with E-state index in [1.54, 1.807) is 12.1 Å². The molecule has 0 radical (unpaired) electrons. The highest BCUT2D eigenvalue weighted by atomic mass is 16.3. The van der Waals surface area contributed by atoms with Crippen LogP contribution in [0.3, 0.4) is 0 Å². The Hall–Kier alpha value is -4.04. The fraction of sp³-hybridized carbons (Fsp3) is 0.0968. The van der Waals surface area contributed by atoms with Gasteiger partial charge in [0.15, 0.2) is 0 Å². The number of phenols is 2. The first kappa shape index (κ1) is 20.8. The minimum absolute atomic E-state index is 0.264. The normalized spacial score (nSPS) is 11.7. The van der Waals surface area contributed by atoms with Crippen LogP contribution in [0.1, 0.15) is 36.1 Å². The second-order valence-corrected chi connectivity index (χ2v) is 8.81. The molecule has 0 atom stereocenters. The minimum atomic E-state index is -0.587. The van der Waals surface area contributed by atoms with E-state index in [4.69, 9.17) is 0 Å². The monoisotopic (exact) mass is 430 g/mol. The number of hydrogen-bond donors (Lipinski definition) is 2. The van der Waals surface area contributed by atoms with Gasteiger partial charge in [0, 0.05) is 16.2 Å². The molecule has 0 bridgehead atoms. The largest absolute Gasteiger partial charge is 0.507 e. The zero-order valence-electron chi connectivity index (χ0n) is 18.8. The fourth-order valence-electron chi connectivity index (χ4n) is 5.16. The Bertz CT molecular complexity index is 1440. The first-order valence-corrected chi connectivity index (χ1v) is 11.1. The van der Waals surface area contributed by atoms with Gasteiger partial charge in [-0.15, -0.1) is 0 Å². The lowest BCUT2D eigenvalue weighted by Crippen LogP contribution is -2.27. The summed E-state index contributed by atoms with van der Waals surface area (Å²) in [5.74, 6) is 0.529. The zero-order chi connectivity index (χ0) is 23.2. The molecular weight excluding hydrogens is 404 g/mol. The van der Waals surface area contributed by atoms with E-state index in [9.17, 15) is 10.2 Å². The highest BCUT2D eigenvalue weighted by molar-refractivity contribution is 5.96. The topological polar surface area (TPSA) is 40.5 Å². The predicted molar refractivity (Wildman–Crippen MR) is 138 cm³/mol. The van der Waals surface area contributed by atoms with Gasteiger partial charge in [-0.05, 0) is 59.0 Å². The van der Waals surface area contributed by atoms with Gasteiger partial charge in [-0.25, -0.2) is 0 Å². The fourth-order valence-corrected chi connectivity index (χ4v) is 5.16. The first-order chi connectivity index (χ1) is 15.9. The lowest BCUT2D eigenvalue weighted by molar-refractivity contribution is 0.481. The second-order valence-electron chi connectivity index (χ2n) is 8.81. The van der Waals surface area contributed by atoms with Crippen LogP contribution in [-0.4, -0.2) is 10.2 Å². The molecule has 0 aliphatic carbocycles. The Morgan fingerprint density at radius 1 is 0.576 bits per heavy atom. The van der Waals surface area contributed by atoms with Gasteiger partial charge in [-0.2, -0.15) is 0 Å². The molecule has 5 rings (SSSR count). The number of hydrogen-bond acceptors (Lipinski definition) is 2. The highest BCUT2D eigenvalue weighted by Gasteiger charge is 2.36. The molecule has 0 fully saturated rings. The molecule has 0 unspecified atom stereocenters. The van der Waals surface area contributed by atoms with Crippen molar-refractivity contribution in [3.05, 3.63) is 126 Å². The summed E-state index contributed by atoms with van der Waals surface area (Å²) in [6.45, 7) is 8.52. The van der Waals surface area contributed by atoms with Gasteiger partial charge in [0.1, 0.15) is 11.5 Å². The van der Waals surface area contributed by atoms with E-state index in [1.807, 2.05) is 61.5 Å². The van der Waals surface area contributed by atoms with Crippen LogP contribution < -0.4 is 0 Å². The third kappa shape index (κ3) is 3.18. The molecule has 0 heterocycles. The lowest BCUT2D eigenvalue weighted by Gasteiger charge is -2.36. The molecule has 0 saturated heterocycles. The van der Waals surface area contributed by atoms with Crippen LogP contribution in [0.15, 0.2) is 104 Å². The SMILES string of the molecule is C=C(C)c1ccccc1C(C)(c1ccc(O)c2ccccc12)c1ccc(O)c2ccccc12. The van der Waals surface area contributed by atoms with Crippen molar-refractivity contribution in [2.24, 2.45) is 0 Å². The van der Waals surface area contributed by atoms with E-state index in [1.165, 1.54) is 0 Å². The van der Waals surface area contributed by atoms with E-state index in [0.717, 1.165) is 49.4 Å². The molecule has 0 spiro atoms. The van der Waals surface area contributed by atoms with E-state index in [0.29, 0.717) is 0 Å². The van der Waals surface area contributed by atoms with Crippen molar-refractivity contribution in [2.45, 2.75) is 19.3 Å². The molecule has 0 aromatic heterocycles. The van der Waals surface area contributed by atoms with Crippen molar-refractivity contribution >= 4 is 27.1 Å². The van der Waals surface area contributed by atoms with E-state index < -0.39 is 5.41 Å². The predicted octanol–water partition coefficient (Wildman–Crippen LogP) is 7.79. The molecule has 0 saturated carbocycles. The number of aromatic hydroxyl groups is 2. The van der Waals surface area contributed by atoms with Gasteiger partial charge in [0.2, 0.25) is 0 Å². The van der Waals surface area contributed by atoms with Crippen LogP contribution in [-0.2, 0) is 5.41 Å². The van der Waals surface area contributed by atoms with Crippen molar-refractivity contribution in [1.82, 2.24) is 0 Å². The second kappa shape index (κ2) is 7.83. The summed E-state index contributed by atoms with van der Waals surface area (Å²) >= 11 is 0. The molecule has 0 aliphatic rings. The summed E-state index contributed by atoms with van der Waals surface area (Å²) in [5.41, 5.74) is 4.79. The molecule has 162 valence electrons. The summed E-state index contributed by atoms with van der Waals surface area (Å²) in [4.78, 5) is 0. The molecule has 5 aromatic carbocycles. The molecule has 5 aromatic rings. The number of benzene rings is 5. The molecule has 2 nitrogen and oxygen atoms in total. The van der Waals surface area contributed by atoms with Crippen molar-refractivity contribution < 1.29 is 10.2 Å². The van der Waals surface area contributed by atoms with Gasteiger partial charge >= 0.3 is 0 Å². The molecule has 2 N–H and O–H groups in total. The number of fused-ring (bicyclic) bond motifs is 2. The number of rotatable bonds is 4. The van der Waals surface area contributed by atoms with Crippen LogP contribution >= 0.6 is 0 Å². The van der Waals surface area contributed by atoms with Crippen molar-refractivity contribution in [3.8, 4) is 11.5 Å². The van der Waals surface area contributed by atoms with Crippen LogP contribution in [0.2, 0.25) is 0 Å². The van der Waals surface area contributed by atoms with Crippen molar-refractivity contribution in [2.75, 3.05) is 0 Å². The molecule has 33 heavy (non-hydrogen) atoms. The number of allylic oxidation sites excluding steroid dienone is 1. The van der Waals surface area contributed by atoms with Crippen LogP contribution in [0.5, 0.6) is 11.5 Å².